The van der Waals surface area contributed by atoms with E-state index in [4.69, 9.17) is 14.2 Å². The van der Waals surface area contributed by atoms with Crippen LogP contribution < -0.4 is 0 Å². The fourth-order valence-electron chi connectivity index (χ4n) is 2.13. The predicted octanol–water partition coefficient (Wildman–Crippen LogP) is 1.52. The van der Waals surface area contributed by atoms with Crippen molar-refractivity contribution in [3.63, 3.8) is 0 Å². The van der Waals surface area contributed by atoms with Gasteiger partial charge in [-0.3, -0.25) is 9.59 Å². The Labute approximate surface area is 118 Å². The summed E-state index contributed by atoms with van der Waals surface area (Å²) in [5, 5.41) is 0. The largest absolute Gasteiger partial charge is 0.463 e. The maximum atomic E-state index is 11.2. The molecule has 0 aromatic heterocycles. The van der Waals surface area contributed by atoms with Crippen LogP contribution in [0.5, 0.6) is 0 Å². The van der Waals surface area contributed by atoms with Gasteiger partial charge in [0.05, 0.1) is 0 Å². The van der Waals surface area contributed by atoms with Gasteiger partial charge in [0.15, 0.2) is 0 Å². The van der Waals surface area contributed by atoms with Crippen LogP contribution in [0.2, 0.25) is 0 Å². The smallest absolute Gasteiger partial charge is 0.330 e. The van der Waals surface area contributed by atoms with Gasteiger partial charge in [-0.1, -0.05) is 6.08 Å². The van der Waals surface area contributed by atoms with Crippen molar-refractivity contribution >= 4 is 17.9 Å². The summed E-state index contributed by atoms with van der Waals surface area (Å²) in [7, 11) is 0. The summed E-state index contributed by atoms with van der Waals surface area (Å²) in [5.74, 6) is -1.19. The second kappa shape index (κ2) is 7.67. The molecular weight excluding hydrogens is 264 g/mol. The van der Waals surface area contributed by atoms with Crippen LogP contribution >= 0.6 is 0 Å². The molecule has 0 aromatic carbocycles. The van der Waals surface area contributed by atoms with Gasteiger partial charge in [-0.15, -0.1) is 0 Å². The van der Waals surface area contributed by atoms with Crippen molar-refractivity contribution in [2.45, 2.75) is 58.3 Å². The lowest BCUT2D eigenvalue weighted by molar-refractivity contribution is -0.155. The average molecular weight is 284 g/mol. The SMILES string of the molecule is CC(=O)OC(C)CC(C[C@H]1CC=CC(=O)O1)OC(C)=O. The number of carbonyl (C=O) groups excluding carboxylic acids is 3. The number of rotatable bonds is 6. The van der Waals surface area contributed by atoms with Crippen LogP contribution in [0.15, 0.2) is 12.2 Å². The first kappa shape index (κ1) is 16.2. The lowest BCUT2D eigenvalue weighted by atomic mass is 10.0. The van der Waals surface area contributed by atoms with Gasteiger partial charge in [0.1, 0.15) is 18.3 Å². The first-order valence-corrected chi connectivity index (χ1v) is 6.58. The number of esters is 3. The van der Waals surface area contributed by atoms with Crippen molar-refractivity contribution < 1.29 is 28.6 Å². The van der Waals surface area contributed by atoms with Crippen LogP contribution in [0.25, 0.3) is 0 Å². The van der Waals surface area contributed by atoms with Crippen molar-refractivity contribution in [3.8, 4) is 0 Å². The Bertz CT molecular complexity index is 400. The lowest BCUT2D eigenvalue weighted by Gasteiger charge is -2.25. The fourth-order valence-corrected chi connectivity index (χ4v) is 2.13. The molecule has 2 unspecified atom stereocenters. The Hall–Kier alpha value is -1.85. The Morgan fingerprint density at radius 2 is 2.00 bits per heavy atom. The molecule has 0 saturated heterocycles. The zero-order valence-electron chi connectivity index (χ0n) is 12.0. The van der Waals surface area contributed by atoms with Gasteiger partial charge in [-0.05, 0) is 6.92 Å². The summed E-state index contributed by atoms with van der Waals surface area (Å²) < 4.78 is 15.4. The van der Waals surface area contributed by atoms with E-state index < -0.39 is 18.0 Å². The topological polar surface area (TPSA) is 78.9 Å². The van der Waals surface area contributed by atoms with Crippen molar-refractivity contribution in [2.24, 2.45) is 0 Å². The van der Waals surface area contributed by atoms with Gasteiger partial charge < -0.3 is 14.2 Å². The molecule has 112 valence electrons. The highest BCUT2D eigenvalue weighted by Gasteiger charge is 2.25. The van der Waals surface area contributed by atoms with E-state index >= 15 is 0 Å². The second-order valence-electron chi connectivity index (χ2n) is 4.82. The molecule has 0 aromatic rings. The molecule has 3 atom stereocenters. The standard InChI is InChI=1S/C14H20O6/c1-9(18-10(2)15)7-13(19-11(3)16)8-12-5-4-6-14(17)20-12/h4,6,9,12-13H,5,7-8H2,1-3H3/t9?,12-,13?/m1/s1. The zero-order valence-corrected chi connectivity index (χ0v) is 12.0. The van der Waals surface area contributed by atoms with Gasteiger partial charge in [-0.2, -0.15) is 0 Å². The molecule has 0 radical (unpaired) electrons. The van der Waals surface area contributed by atoms with E-state index in [9.17, 15) is 14.4 Å². The van der Waals surface area contributed by atoms with E-state index in [0.717, 1.165) is 0 Å². The highest BCUT2D eigenvalue weighted by atomic mass is 16.6. The molecule has 20 heavy (non-hydrogen) atoms. The molecule has 0 aliphatic carbocycles. The van der Waals surface area contributed by atoms with E-state index in [1.807, 2.05) is 0 Å². The van der Waals surface area contributed by atoms with E-state index in [2.05, 4.69) is 0 Å². The quantitative estimate of drug-likeness (QED) is 0.543. The van der Waals surface area contributed by atoms with Gasteiger partial charge in [0.25, 0.3) is 0 Å². The highest BCUT2D eigenvalue weighted by Crippen LogP contribution is 2.19. The Balaban J connectivity index is 2.55. The second-order valence-corrected chi connectivity index (χ2v) is 4.82. The minimum Gasteiger partial charge on any atom is -0.463 e. The first-order valence-electron chi connectivity index (χ1n) is 6.58. The average Bonchev–Trinajstić information content (AvgIpc) is 2.26. The van der Waals surface area contributed by atoms with Gasteiger partial charge in [0, 0.05) is 39.2 Å². The molecule has 1 aliphatic heterocycles. The summed E-state index contributed by atoms with van der Waals surface area (Å²) in [6.45, 7) is 4.37. The Kier molecular flexibility index (Phi) is 6.21. The summed E-state index contributed by atoms with van der Waals surface area (Å²) in [6.07, 6.45) is 3.32. The molecular formula is C14H20O6. The third-order valence-corrected chi connectivity index (χ3v) is 2.76. The summed E-state index contributed by atoms with van der Waals surface area (Å²) in [5.41, 5.74) is 0. The highest BCUT2D eigenvalue weighted by molar-refractivity contribution is 5.82. The molecule has 6 heteroatoms. The van der Waals surface area contributed by atoms with Gasteiger partial charge in [-0.25, -0.2) is 4.79 Å². The molecule has 0 N–H and O–H groups in total. The zero-order chi connectivity index (χ0) is 15.1. The monoisotopic (exact) mass is 284 g/mol. The molecule has 6 nitrogen and oxygen atoms in total. The maximum Gasteiger partial charge on any atom is 0.330 e. The van der Waals surface area contributed by atoms with Crippen molar-refractivity contribution in [1.82, 2.24) is 0 Å². The third kappa shape index (κ3) is 6.36. The molecule has 0 spiro atoms. The van der Waals surface area contributed by atoms with Crippen LogP contribution in [0.4, 0.5) is 0 Å². The van der Waals surface area contributed by atoms with Crippen LogP contribution in [0, 0.1) is 0 Å². The maximum absolute atomic E-state index is 11.2. The summed E-state index contributed by atoms with van der Waals surface area (Å²) >= 11 is 0. The Morgan fingerprint density at radius 3 is 2.55 bits per heavy atom. The van der Waals surface area contributed by atoms with E-state index in [0.29, 0.717) is 19.3 Å². The van der Waals surface area contributed by atoms with Crippen molar-refractivity contribution in [2.75, 3.05) is 0 Å². The normalized spacial score (nSPS) is 20.8. The minimum absolute atomic E-state index is 0.318. The Morgan fingerprint density at radius 1 is 1.35 bits per heavy atom. The van der Waals surface area contributed by atoms with Crippen LogP contribution in [0.3, 0.4) is 0 Å². The van der Waals surface area contributed by atoms with Gasteiger partial charge >= 0.3 is 17.9 Å². The summed E-state index contributed by atoms with van der Waals surface area (Å²) in [6, 6.07) is 0. The molecule has 1 rings (SSSR count). The van der Waals surface area contributed by atoms with Crippen LogP contribution in [0.1, 0.15) is 40.0 Å². The first-order chi connectivity index (χ1) is 9.36. The minimum atomic E-state index is -0.453. The number of carbonyl (C=O) groups is 3. The van der Waals surface area contributed by atoms with Crippen molar-refractivity contribution in [1.29, 1.82) is 0 Å². The number of ether oxygens (including phenoxy) is 3. The molecule has 0 saturated carbocycles. The fraction of sp³-hybridized carbons (Fsp3) is 0.643. The van der Waals surface area contributed by atoms with Crippen LogP contribution in [-0.4, -0.2) is 36.2 Å². The molecule has 1 heterocycles. The van der Waals surface area contributed by atoms with Crippen LogP contribution in [-0.2, 0) is 28.6 Å². The van der Waals surface area contributed by atoms with E-state index in [-0.39, 0.29) is 18.2 Å². The molecule has 0 bridgehead atoms. The number of cyclic esters (lactones) is 1. The predicted molar refractivity (Wildman–Crippen MR) is 69.7 cm³/mol. The molecule has 0 amide bonds. The molecule has 1 aliphatic rings. The van der Waals surface area contributed by atoms with E-state index in [1.54, 1.807) is 13.0 Å². The van der Waals surface area contributed by atoms with E-state index in [1.165, 1.54) is 19.9 Å². The molecule has 0 fully saturated rings. The van der Waals surface area contributed by atoms with Crippen molar-refractivity contribution in [3.05, 3.63) is 12.2 Å². The summed E-state index contributed by atoms with van der Waals surface area (Å²) in [4.78, 5) is 33.2. The number of hydrogen-bond donors (Lipinski definition) is 0. The lowest BCUT2D eigenvalue weighted by Crippen LogP contribution is -2.31. The third-order valence-electron chi connectivity index (χ3n) is 2.76. The van der Waals surface area contributed by atoms with Gasteiger partial charge in [0.2, 0.25) is 0 Å². The number of hydrogen-bond acceptors (Lipinski definition) is 6.